The third-order valence-electron chi connectivity index (χ3n) is 3.49. The number of carbonyl (C=O) groups is 3. The zero-order valence-corrected chi connectivity index (χ0v) is 14.3. The fourth-order valence-corrected chi connectivity index (χ4v) is 2.10. The molecule has 0 aliphatic carbocycles. The lowest BCUT2D eigenvalue weighted by molar-refractivity contribution is -0.140. The number of benzene rings is 2. The lowest BCUT2D eigenvalue weighted by Crippen LogP contribution is -2.43. The molecule has 1 amide bonds. The van der Waals surface area contributed by atoms with Crippen LogP contribution in [0.3, 0.4) is 0 Å². The number of nitrogens with one attached hydrogen (secondary N) is 1. The van der Waals surface area contributed by atoms with Crippen LogP contribution in [0.4, 0.5) is 4.79 Å². The highest BCUT2D eigenvalue weighted by Gasteiger charge is 2.19. The Balaban J connectivity index is 1.80. The SMILES string of the molecule is O=C(Cc1ccccc1)Oc1ccc(COC(=O)N[C@@H](CO)C(=O)O)cc1. The van der Waals surface area contributed by atoms with Gasteiger partial charge in [0, 0.05) is 0 Å². The van der Waals surface area contributed by atoms with Gasteiger partial charge in [0.2, 0.25) is 0 Å². The number of carboxylic acid groups (broad SMARTS) is 1. The van der Waals surface area contributed by atoms with Crippen molar-refractivity contribution in [1.82, 2.24) is 5.32 Å². The molecule has 1 atom stereocenters. The van der Waals surface area contributed by atoms with Gasteiger partial charge in [0.25, 0.3) is 0 Å². The van der Waals surface area contributed by atoms with Gasteiger partial charge in [0.1, 0.15) is 12.4 Å². The van der Waals surface area contributed by atoms with E-state index in [1.165, 1.54) is 0 Å². The van der Waals surface area contributed by atoms with Crippen LogP contribution in [0.15, 0.2) is 54.6 Å². The van der Waals surface area contributed by atoms with Crippen molar-refractivity contribution >= 4 is 18.0 Å². The van der Waals surface area contributed by atoms with Crippen molar-refractivity contribution in [2.45, 2.75) is 19.1 Å². The summed E-state index contributed by atoms with van der Waals surface area (Å²) < 4.78 is 10.1. The summed E-state index contributed by atoms with van der Waals surface area (Å²) in [6.45, 7) is -0.852. The van der Waals surface area contributed by atoms with Crippen molar-refractivity contribution in [2.75, 3.05) is 6.61 Å². The van der Waals surface area contributed by atoms with Crippen LogP contribution in [0.1, 0.15) is 11.1 Å². The molecule has 142 valence electrons. The van der Waals surface area contributed by atoms with Crippen molar-refractivity contribution < 1.29 is 34.1 Å². The molecule has 3 N–H and O–H groups in total. The molecule has 0 fully saturated rings. The lowest BCUT2D eigenvalue weighted by atomic mass is 10.1. The number of amides is 1. The van der Waals surface area contributed by atoms with Crippen LogP contribution in [0.2, 0.25) is 0 Å². The number of hydrogen-bond donors (Lipinski definition) is 3. The number of hydrogen-bond acceptors (Lipinski definition) is 6. The Kier molecular flexibility index (Phi) is 7.33. The van der Waals surface area contributed by atoms with Gasteiger partial charge in [-0.25, -0.2) is 9.59 Å². The topological polar surface area (TPSA) is 122 Å². The number of rotatable bonds is 8. The molecule has 0 aliphatic rings. The van der Waals surface area contributed by atoms with Gasteiger partial charge in [-0.05, 0) is 23.3 Å². The molecule has 0 saturated carbocycles. The normalized spacial score (nSPS) is 11.3. The first-order chi connectivity index (χ1) is 13.0. The highest BCUT2D eigenvalue weighted by molar-refractivity contribution is 5.80. The third kappa shape index (κ3) is 6.79. The quantitative estimate of drug-likeness (QED) is 0.473. The van der Waals surface area contributed by atoms with E-state index in [0.29, 0.717) is 11.3 Å². The van der Waals surface area contributed by atoms with E-state index in [1.807, 2.05) is 35.6 Å². The molecule has 0 spiro atoms. The van der Waals surface area contributed by atoms with Crippen molar-refractivity contribution in [3.05, 3.63) is 65.7 Å². The smallest absolute Gasteiger partial charge is 0.408 e. The maximum atomic E-state index is 11.9. The summed E-state index contributed by atoms with van der Waals surface area (Å²) in [4.78, 5) is 34.1. The van der Waals surface area contributed by atoms with Crippen LogP contribution in [0, 0.1) is 0 Å². The highest BCUT2D eigenvalue weighted by atomic mass is 16.5. The van der Waals surface area contributed by atoms with Crippen LogP contribution in [-0.4, -0.2) is 40.9 Å². The number of ether oxygens (including phenoxy) is 2. The third-order valence-corrected chi connectivity index (χ3v) is 3.49. The minimum atomic E-state index is -1.43. The zero-order valence-electron chi connectivity index (χ0n) is 14.3. The molecule has 0 aliphatic heterocycles. The Hall–Kier alpha value is -3.39. The second-order valence-corrected chi connectivity index (χ2v) is 5.57. The van der Waals surface area contributed by atoms with Crippen LogP contribution in [-0.2, 0) is 27.4 Å². The summed E-state index contributed by atoms with van der Waals surface area (Å²) >= 11 is 0. The maximum absolute atomic E-state index is 11.9. The molecule has 0 heterocycles. The molecule has 0 bridgehead atoms. The van der Waals surface area contributed by atoms with Gasteiger partial charge in [-0.3, -0.25) is 4.79 Å². The van der Waals surface area contributed by atoms with E-state index in [9.17, 15) is 14.4 Å². The fraction of sp³-hybridized carbons (Fsp3) is 0.211. The van der Waals surface area contributed by atoms with E-state index in [4.69, 9.17) is 19.7 Å². The van der Waals surface area contributed by atoms with Crippen LogP contribution >= 0.6 is 0 Å². The van der Waals surface area contributed by atoms with E-state index < -0.39 is 30.7 Å². The molecule has 0 radical (unpaired) electrons. The largest absolute Gasteiger partial charge is 0.480 e. The minimum Gasteiger partial charge on any atom is -0.480 e. The summed E-state index contributed by atoms with van der Waals surface area (Å²) in [6, 6.07) is 14.1. The van der Waals surface area contributed by atoms with Gasteiger partial charge >= 0.3 is 18.0 Å². The zero-order chi connectivity index (χ0) is 19.6. The summed E-state index contributed by atoms with van der Waals surface area (Å²) in [6.07, 6.45) is -0.809. The number of alkyl carbamates (subject to hydrolysis) is 1. The van der Waals surface area contributed by atoms with Gasteiger partial charge in [0.15, 0.2) is 6.04 Å². The second kappa shape index (κ2) is 9.93. The fourth-order valence-electron chi connectivity index (χ4n) is 2.10. The Bertz CT molecular complexity index is 774. The number of aliphatic hydroxyl groups excluding tert-OH is 1. The summed E-state index contributed by atoms with van der Waals surface area (Å²) in [7, 11) is 0. The molecule has 8 nitrogen and oxygen atoms in total. The van der Waals surface area contributed by atoms with Gasteiger partial charge < -0.3 is 25.0 Å². The summed E-state index contributed by atoms with van der Waals surface area (Å²) in [5.74, 6) is -1.40. The minimum absolute atomic E-state index is 0.109. The first kappa shape index (κ1) is 19.9. The van der Waals surface area contributed by atoms with Crippen molar-refractivity contribution in [3.63, 3.8) is 0 Å². The summed E-state index contributed by atoms with van der Waals surface area (Å²) in [5, 5.41) is 19.6. The van der Waals surface area contributed by atoms with Crippen molar-refractivity contribution in [1.29, 1.82) is 0 Å². The predicted molar refractivity (Wildman–Crippen MR) is 94.1 cm³/mol. The first-order valence-corrected chi connectivity index (χ1v) is 8.08. The molecular formula is C19H19NO7. The number of carbonyl (C=O) groups excluding carboxylic acids is 2. The Morgan fingerprint density at radius 3 is 2.22 bits per heavy atom. The van der Waals surface area contributed by atoms with E-state index in [2.05, 4.69) is 0 Å². The molecule has 2 aromatic rings. The molecule has 2 rings (SSSR count). The van der Waals surface area contributed by atoms with Gasteiger partial charge in [-0.2, -0.15) is 0 Å². The standard InChI is InChI=1S/C19H19NO7/c21-11-16(18(23)24)20-19(25)26-12-14-6-8-15(9-7-14)27-17(22)10-13-4-2-1-3-5-13/h1-9,16,21H,10-12H2,(H,20,25)(H,23,24)/t16-/m0/s1. The van der Waals surface area contributed by atoms with Crippen molar-refractivity contribution in [2.24, 2.45) is 0 Å². The van der Waals surface area contributed by atoms with E-state index >= 15 is 0 Å². The number of aliphatic carboxylic acids is 1. The average molecular weight is 373 g/mol. The second-order valence-electron chi connectivity index (χ2n) is 5.57. The molecule has 0 unspecified atom stereocenters. The van der Waals surface area contributed by atoms with Crippen LogP contribution in [0.25, 0.3) is 0 Å². The van der Waals surface area contributed by atoms with E-state index in [0.717, 1.165) is 5.56 Å². The average Bonchev–Trinajstić information content (AvgIpc) is 2.66. The molecule has 8 heteroatoms. The molecule has 27 heavy (non-hydrogen) atoms. The van der Waals surface area contributed by atoms with Gasteiger partial charge in [-0.1, -0.05) is 42.5 Å². The molecular weight excluding hydrogens is 354 g/mol. The van der Waals surface area contributed by atoms with Crippen LogP contribution in [0.5, 0.6) is 5.75 Å². The van der Waals surface area contributed by atoms with E-state index in [1.54, 1.807) is 24.3 Å². The Morgan fingerprint density at radius 1 is 0.963 bits per heavy atom. The Labute approximate surface area is 155 Å². The number of esters is 1. The van der Waals surface area contributed by atoms with Gasteiger partial charge in [-0.15, -0.1) is 0 Å². The van der Waals surface area contributed by atoms with Crippen molar-refractivity contribution in [3.8, 4) is 5.75 Å². The lowest BCUT2D eigenvalue weighted by Gasteiger charge is -2.12. The molecule has 2 aromatic carbocycles. The molecule has 0 saturated heterocycles. The highest BCUT2D eigenvalue weighted by Crippen LogP contribution is 2.14. The monoisotopic (exact) mass is 373 g/mol. The summed E-state index contributed by atoms with van der Waals surface area (Å²) in [5.41, 5.74) is 1.46. The molecule has 0 aromatic heterocycles. The Morgan fingerprint density at radius 2 is 1.63 bits per heavy atom. The maximum Gasteiger partial charge on any atom is 0.408 e. The first-order valence-electron chi connectivity index (χ1n) is 8.08. The van der Waals surface area contributed by atoms with Crippen LogP contribution < -0.4 is 10.1 Å². The number of carboxylic acids is 1. The number of aliphatic hydroxyl groups is 1. The van der Waals surface area contributed by atoms with E-state index in [-0.39, 0.29) is 13.0 Å². The predicted octanol–water partition coefficient (Wildman–Crippen LogP) is 1.51. The van der Waals surface area contributed by atoms with Gasteiger partial charge in [0.05, 0.1) is 13.0 Å².